The van der Waals surface area contributed by atoms with Gasteiger partial charge in [-0.3, -0.25) is 0 Å². The lowest BCUT2D eigenvalue weighted by molar-refractivity contribution is 0.0926. The van der Waals surface area contributed by atoms with Gasteiger partial charge in [0, 0.05) is 10.9 Å². The summed E-state index contributed by atoms with van der Waals surface area (Å²) < 4.78 is 32.3. The predicted molar refractivity (Wildman–Crippen MR) is 116 cm³/mol. The molecule has 1 aromatic heterocycles. The minimum atomic E-state index is -2.93. The van der Waals surface area contributed by atoms with E-state index in [0.717, 1.165) is 21.3 Å². The number of nitrogens with zero attached hydrogens (tertiary/aromatic N) is 2. The Labute approximate surface area is 178 Å². The Morgan fingerprint density at radius 3 is 2.69 bits per heavy atom. The Hall–Kier alpha value is -1.90. The highest BCUT2D eigenvalue weighted by molar-refractivity contribution is 9.10. The molecule has 1 N–H and O–H groups in total. The van der Waals surface area contributed by atoms with Gasteiger partial charge in [0.2, 0.25) is 0 Å². The third-order valence-electron chi connectivity index (χ3n) is 5.18. The maximum Gasteiger partial charge on any atom is 0.150 e. The molecule has 1 aliphatic heterocycles. The molecule has 2 unspecified atom stereocenters. The second kappa shape index (κ2) is 8.45. The predicted octanol–water partition coefficient (Wildman–Crippen LogP) is 3.22. The number of aliphatic hydroxyl groups is 1. The molecule has 0 bridgehead atoms. The molecule has 3 aromatic rings. The second-order valence-electron chi connectivity index (χ2n) is 7.52. The number of benzene rings is 2. The van der Waals surface area contributed by atoms with E-state index in [1.165, 1.54) is 0 Å². The van der Waals surface area contributed by atoms with Gasteiger partial charge < -0.3 is 14.4 Å². The van der Waals surface area contributed by atoms with E-state index in [9.17, 15) is 13.5 Å². The first-order chi connectivity index (χ1) is 13.9. The monoisotopic (exact) mass is 478 g/mol. The van der Waals surface area contributed by atoms with Crippen LogP contribution in [0.15, 0.2) is 53.0 Å². The van der Waals surface area contributed by atoms with Crippen molar-refractivity contribution >= 4 is 36.8 Å². The molecule has 0 saturated carbocycles. The quantitative estimate of drug-likeness (QED) is 0.563. The van der Waals surface area contributed by atoms with E-state index in [0.29, 0.717) is 25.1 Å². The van der Waals surface area contributed by atoms with Crippen molar-refractivity contribution < 1.29 is 18.3 Å². The van der Waals surface area contributed by atoms with E-state index in [1.807, 2.05) is 53.1 Å². The Morgan fingerprint density at radius 2 is 1.97 bits per heavy atom. The number of hydrogen-bond donors (Lipinski definition) is 1. The average molecular weight is 479 g/mol. The van der Waals surface area contributed by atoms with Crippen LogP contribution in [0.4, 0.5) is 0 Å². The van der Waals surface area contributed by atoms with Crippen LogP contribution >= 0.6 is 15.9 Å². The number of sulfone groups is 1. The van der Waals surface area contributed by atoms with Crippen LogP contribution in [0.25, 0.3) is 11.0 Å². The van der Waals surface area contributed by atoms with E-state index in [-0.39, 0.29) is 24.0 Å². The number of para-hydroxylation sites is 2. The van der Waals surface area contributed by atoms with Crippen molar-refractivity contribution in [3.05, 3.63) is 58.8 Å². The van der Waals surface area contributed by atoms with Crippen LogP contribution in [-0.4, -0.2) is 47.3 Å². The molecule has 4 rings (SSSR count). The zero-order chi connectivity index (χ0) is 20.4. The molecule has 6 nitrogen and oxygen atoms in total. The summed E-state index contributed by atoms with van der Waals surface area (Å²) in [4.78, 5) is 4.72. The molecular weight excluding hydrogens is 456 g/mol. The zero-order valence-electron chi connectivity index (χ0n) is 15.9. The van der Waals surface area contributed by atoms with Gasteiger partial charge in [0.1, 0.15) is 24.3 Å². The summed E-state index contributed by atoms with van der Waals surface area (Å²) in [5.74, 6) is 2.05. The Morgan fingerprint density at radius 1 is 1.21 bits per heavy atom. The number of hydrogen-bond acceptors (Lipinski definition) is 5. The lowest BCUT2D eigenvalue weighted by atomic mass is 10.1. The molecule has 29 heavy (non-hydrogen) atoms. The van der Waals surface area contributed by atoms with Gasteiger partial charge in [0.05, 0.1) is 29.1 Å². The van der Waals surface area contributed by atoms with Gasteiger partial charge in [0.25, 0.3) is 0 Å². The first-order valence-electron chi connectivity index (χ1n) is 9.60. The standard InChI is InChI=1S/C21H23BrN2O4S/c22-16-5-7-18(8-6-16)28-13-17(25)12-24-20-4-2-1-3-19(20)23-21(24)11-15-9-10-29(26,27)14-15/h1-8,15,17,25H,9-14H2. The lowest BCUT2D eigenvalue weighted by Gasteiger charge is -2.17. The normalized spacial score (nSPS) is 19.4. The molecule has 1 saturated heterocycles. The molecule has 8 heteroatoms. The largest absolute Gasteiger partial charge is 0.491 e. The summed E-state index contributed by atoms with van der Waals surface area (Å²) in [6.07, 6.45) is 0.539. The van der Waals surface area contributed by atoms with Crippen molar-refractivity contribution in [2.75, 3.05) is 18.1 Å². The summed E-state index contributed by atoms with van der Waals surface area (Å²) in [6, 6.07) is 15.2. The fourth-order valence-electron chi connectivity index (χ4n) is 3.76. The van der Waals surface area contributed by atoms with Crippen molar-refractivity contribution in [2.24, 2.45) is 5.92 Å². The fraction of sp³-hybridized carbons (Fsp3) is 0.381. The number of rotatable bonds is 7. The zero-order valence-corrected chi connectivity index (χ0v) is 18.3. The van der Waals surface area contributed by atoms with Gasteiger partial charge >= 0.3 is 0 Å². The van der Waals surface area contributed by atoms with E-state index < -0.39 is 15.9 Å². The number of fused-ring (bicyclic) bond motifs is 1. The number of aliphatic hydroxyl groups excluding tert-OH is 1. The smallest absolute Gasteiger partial charge is 0.150 e. The Bertz CT molecular complexity index is 1100. The summed E-state index contributed by atoms with van der Waals surface area (Å²) in [5.41, 5.74) is 1.79. The number of halogens is 1. The van der Waals surface area contributed by atoms with Crippen LogP contribution in [0.5, 0.6) is 5.75 Å². The molecular formula is C21H23BrN2O4S. The maximum atomic E-state index is 11.8. The molecule has 2 aromatic carbocycles. The van der Waals surface area contributed by atoms with Gasteiger partial charge in [-0.25, -0.2) is 13.4 Å². The van der Waals surface area contributed by atoms with Crippen LogP contribution in [-0.2, 0) is 22.8 Å². The maximum absolute atomic E-state index is 11.8. The van der Waals surface area contributed by atoms with Gasteiger partial charge in [0.15, 0.2) is 9.84 Å². The van der Waals surface area contributed by atoms with Crippen LogP contribution in [0, 0.1) is 5.92 Å². The molecule has 2 atom stereocenters. The van der Waals surface area contributed by atoms with Crippen molar-refractivity contribution in [1.82, 2.24) is 9.55 Å². The van der Waals surface area contributed by atoms with E-state index in [4.69, 9.17) is 9.72 Å². The van der Waals surface area contributed by atoms with Crippen LogP contribution in [0.2, 0.25) is 0 Å². The highest BCUT2D eigenvalue weighted by atomic mass is 79.9. The van der Waals surface area contributed by atoms with Gasteiger partial charge in [-0.1, -0.05) is 28.1 Å². The van der Waals surface area contributed by atoms with E-state index in [2.05, 4.69) is 15.9 Å². The second-order valence-corrected chi connectivity index (χ2v) is 10.7. The molecule has 1 fully saturated rings. The lowest BCUT2D eigenvalue weighted by Crippen LogP contribution is -2.25. The Kier molecular flexibility index (Phi) is 5.94. The van der Waals surface area contributed by atoms with Crippen LogP contribution in [0.1, 0.15) is 12.2 Å². The first-order valence-corrected chi connectivity index (χ1v) is 12.2. The summed E-state index contributed by atoms with van der Waals surface area (Å²) in [6.45, 7) is 0.497. The van der Waals surface area contributed by atoms with Crippen molar-refractivity contribution in [3.8, 4) is 5.75 Å². The SMILES string of the molecule is O=S1(=O)CCC(Cc2nc3ccccc3n2CC(O)COc2ccc(Br)cc2)C1. The first kappa shape index (κ1) is 20.4. The van der Waals surface area contributed by atoms with Crippen LogP contribution in [0.3, 0.4) is 0 Å². The van der Waals surface area contributed by atoms with E-state index in [1.54, 1.807) is 0 Å². The van der Waals surface area contributed by atoms with Gasteiger partial charge in [-0.05, 0) is 48.7 Å². The van der Waals surface area contributed by atoms with Crippen molar-refractivity contribution in [2.45, 2.75) is 25.5 Å². The number of imidazole rings is 1. The minimum absolute atomic E-state index is 0.0757. The topological polar surface area (TPSA) is 81.4 Å². The highest BCUT2D eigenvalue weighted by Crippen LogP contribution is 2.25. The van der Waals surface area contributed by atoms with Crippen molar-refractivity contribution in [3.63, 3.8) is 0 Å². The van der Waals surface area contributed by atoms with Crippen molar-refractivity contribution in [1.29, 1.82) is 0 Å². The third-order valence-corrected chi connectivity index (χ3v) is 7.55. The fourth-order valence-corrected chi connectivity index (χ4v) is 5.89. The molecule has 0 radical (unpaired) electrons. The number of aromatic nitrogens is 2. The summed E-state index contributed by atoms with van der Waals surface area (Å²) >= 11 is 3.39. The van der Waals surface area contributed by atoms with Crippen LogP contribution < -0.4 is 4.74 Å². The van der Waals surface area contributed by atoms with Gasteiger partial charge in [-0.15, -0.1) is 0 Å². The third kappa shape index (κ3) is 4.99. The molecule has 1 aliphatic rings. The molecule has 0 amide bonds. The van der Waals surface area contributed by atoms with Gasteiger partial charge in [-0.2, -0.15) is 0 Å². The summed E-state index contributed by atoms with van der Waals surface area (Å²) in [5, 5.41) is 10.6. The van der Waals surface area contributed by atoms with E-state index >= 15 is 0 Å². The average Bonchev–Trinajstić information content (AvgIpc) is 3.21. The summed E-state index contributed by atoms with van der Waals surface area (Å²) in [7, 11) is -2.93. The number of ether oxygens (including phenoxy) is 1. The molecule has 2 heterocycles. The highest BCUT2D eigenvalue weighted by Gasteiger charge is 2.29. The molecule has 0 aliphatic carbocycles. The minimum Gasteiger partial charge on any atom is -0.491 e. The molecule has 154 valence electrons. The Balaban J connectivity index is 1.49. The molecule has 0 spiro atoms.